The van der Waals surface area contributed by atoms with Crippen LogP contribution in [0, 0.1) is 0 Å². The Morgan fingerprint density at radius 2 is 1.61 bits per heavy atom. The van der Waals surface area contributed by atoms with Crippen LogP contribution < -0.4 is 10.2 Å². The Morgan fingerprint density at radius 3 is 2.31 bits per heavy atom. The normalized spacial score (nSPS) is 17.8. The summed E-state index contributed by atoms with van der Waals surface area (Å²) < 4.78 is 40.9. The summed E-state index contributed by atoms with van der Waals surface area (Å²) in [4.78, 5) is 55.5. The molecule has 0 radical (unpaired) electrons. The van der Waals surface area contributed by atoms with Crippen LogP contribution in [0.3, 0.4) is 0 Å². The van der Waals surface area contributed by atoms with Crippen molar-refractivity contribution in [2.24, 2.45) is 0 Å². The largest absolute Gasteiger partial charge is 0.359 e. The van der Waals surface area contributed by atoms with Gasteiger partial charge in [0, 0.05) is 85.1 Å². The van der Waals surface area contributed by atoms with Gasteiger partial charge in [-0.3, -0.25) is 18.9 Å². The number of amides is 3. The van der Waals surface area contributed by atoms with E-state index in [1.807, 2.05) is 56.4 Å². The number of imide groups is 1. The molecular weight excluding hydrogens is 801 g/mol. The summed E-state index contributed by atoms with van der Waals surface area (Å²) in [5, 5.41) is 15.8. The topological polar surface area (TPSA) is 192 Å². The Bertz CT molecular complexity index is 2160. The zero-order chi connectivity index (χ0) is 43.0. The molecule has 0 bridgehead atoms. The van der Waals surface area contributed by atoms with Crippen molar-refractivity contribution in [1.82, 2.24) is 10.4 Å². The first-order valence-electron chi connectivity index (χ1n) is 19.7. The van der Waals surface area contributed by atoms with Crippen LogP contribution in [0.25, 0.3) is 0 Å². The average molecular weight is 854 g/mol. The van der Waals surface area contributed by atoms with Crippen molar-refractivity contribution in [3.05, 3.63) is 83.6 Å². The highest BCUT2D eigenvalue weighted by Gasteiger charge is 2.44. The van der Waals surface area contributed by atoms with Gasteiger partial charge in [-0.2, -0.15) is 13.0 Å². The Hall–Kier alpha value is -4.65. The number of carbonyl (C=O) groups is 4. The van der Waals surface area contributed by atoms with Crippen molar-refractivity contribution in [1.29, 1.82) is 0 Å². The first kappa shape index (κ1) is 45.4. The van der Waals surface area contributed by atoms with Crippen molar-refractivity contribution < 1.29 is 56.2 Å². The minimum atomic E-state index is -4.41. The Kier molecular flexibility index (Phi) is 15.1. The van der Waals surface area contributed by atoms with Gasteiger partial charge in [0.1, 0.15) is 6.54 Å². The van der Waals surface area contributed by atoms with Crippen molar-refractivity contribution in [2.75, 3.05) is 25.0 Å². The molecule has 15 nitrogen and oxygen atoms in total. The molecular formula is C42H53N4O11S2+. The third kappa shape index (κ3) is 10.8. The Morgan fingerprint density at radius 1 is 0.898 bits per heavy atom. The van der Waals surface area contributed by atoms with Gasteiger partial charge in [-0.05, 0) is 81.5 Å². The second-order valence-corrected chi connectivity index (χ2v) is 17.8. The van der Waals surface area contributed by atoms with Gasteiger partial charge in [-0.15, -0.1) is 9.40 Å². The average Bonchev–Trinajstić information content (AvgIpc) is 3.70. The highest BCUT2D eigenvalue weighted by molar-refractivity contribution is 7.94. The van der Waals surface area contributed by atoms with Gasteiger partial charge in [-0.1, -0.05) is 43.5 Å². The number of fused-ring (bicyclic) bond motifs is 2. The number of anilines is 1. The van der Waals surface area contributed by atoms with E-state index < -0.39 is 38.7 Å². The van der Waals surface area contributed by atoms with E-state index >= 15 is 0 Å². The molecule has 0 unspecified atom stereocenters. The number of hydroxylamine groups is 2. The van der Waals surface area contributed by atoms with Gasteiger partial charge < -0.3 is 15.1 Å². The molecule has 0 saturated carbocycles. The fraction of sp³-hybridized carbons (Fsp3) is 0.452. The van der Waals surface area contributed by atoms with E-state index in [0.29, 0.717) is 37.4 Å². The number of rotatable bonds is 20. The van der Waals surface area contributed by atoms with Crippen molar-refractivity contribution in [3.63, 3.8) is 0 Å². The van der Waals surface area contributed by atoms with Gasteiger partial charge in [0.15, 0.2) is 5.71 Å². The summed E-state index contributed by atoms with van der Waals surface area (Å²) in [5.41, 5.74) is 4.64. The predicted molar refractivity (Wildman–Crippen MR) is 221 cm³/mol. The number of hydrogen-bond donors (Lipinski definition) is 3. The van der Waals surface area contributed by atoms with Crippen LogP contribution in [-0.2, 0) is 54.3 Å². The molecule has 59 heavy (non-hydrogen) atoms. The predicted octanol–water partition coefficient (Wildman–Crippen LogP) is 7.01. The highest BCUT2D eigenvalue weighted by Crippen LogP contribution is 2.49. The monoisotopic (exact) mass is 853 g/mol. The number of carbonyl (C=O) groups excluding carboxylic acids is 4. The lowest BCUT2D eigenvalue weighted by Gasteiger charge is -2.27. The second kappa shape index (κ2) is 19.6. The van der Waals surface area contributed by atoms with Crippen LogP contribution >= 0.6 is 12.0 Å². The maximum absolute atomic E-state index is 12.3. The molecule has 0 aliphatic carbocycles. The number of nitrogens with zero attached hydrogens (tertiary/aromatic N) is 3. The van der Waals surface area contributed by atoms with Gasteiger partial charge >= 0.3 is 5.97 Å². The molecule has 3 amide bonds. The van der Waals surface area contributed by atoms with E-state index in [1.165, 1.54) is 12.1 Å². The lowest BCUT2D eigenvalue weighted by atomic mass is 9.81. The van der Waals surface area contributed by atoms with Crippen LogP contribution in [0.1, 0.15) is 103 Å². The minimum absolute atomic E-state index is 0.000361. The van der Waals surface area contributed by atoms with Crippen LogP contribution in [0.2, 0.25) is 0 Å². The fourth-order valence-electron chi connectivity index (χ4n) is 7.79. The van der Waals surface area contributed by atoms with Crippen LogP contribution in [0.5, 0.6) is 0 Å². The van der Waals surface area contributed by atoms with Gasteiger partial charge in [0.05, 0.1) is 22.4 Å². The van der Waals surface area contributed by atoms with Crippen molar-refractivity contribution in [3.8, 4) is 0 Å². The molecule has 3 N–H and O–H groups in total. The zero-order valence-electron chi connectivity index (χ0n) is 34.1. The van der Waals surface area contributed by atoms with E-state index in [1.54, 1.807) is 13.1 Å². The van der Waals surface area contributed by atoms with E-state index in [2.05, 4.69) is 39.8 Å². The number of nitrogens with one attached hydrogen (secondary N) is 1. The summed E-state index contributed by atoms with van der Waals surface area (Å²) >= 11 is 0.884. The quantitative estimate of drug-likeness (QED) is 0.0180. The van der Waals surface area contributed by atoms with E-state index in [4.69, 9.17) is 14.4 Å². The first-order chi connectivity index (χ1) is 28.0. The molecule has 2 aromatic carbocycles. The van der Waals surface area contributed by atoms with Crippen molar-refractivity contribution >= 4 is 62.9 Å². The number of hydrogen-bond acceptors (Lipinski definition) is 12. The summed E-state index contributed by atoms with van der Waals surface area (Å²) in [6.45, 7) is 9.58. The lowest BCUT2D eigenvalue weighted by molar-refractivity contribution is -0.438. The molecule has 17 heteroatoms. The molecule has 3 aliphatic rings. The standard InChI is InChI=1S/C42H52N4O11S2/c1-41(2)31-27-29(58-57-56-51)19-21-33(31)44(26-14-8-12-18-40(50)55-46-38(48)23-24-39(46)49)35(41)15-9-6-10-16-36-42(3,4)32-28-30(59(52,53)54)20-22-34(32)45(36)25-13-7-11-17-37(47)43-5/h6,9-10,15-16,19-22,27-28H,7-8,11-14,17-18,23-26H2,1-5H3,(H2-,43,47,51,52,53,54)/p+1. The van der Waals surface area contributed by atoms with Crippen LogP contribution in [0.4, 0.5) is 11.4 Å². The molecule has 3 aliphatic heterocycles. The molecule has 318 valence electrons. The smallest absolute Gasteiger partial charge is 0.333 e. The van der Waals surface area contributed by atoms with Gasteiger partial charge in [0.2, 0.25) is 11.6 Å². The second-order valence-electron chi connectivity index (χ2n) is 15.6. The Labute approximate surface area is 349 Å². The molecule has 0 atom stereocenters. The molecule has 1 saturated heterocycles. The fourth-order valence-corrected chi connectivity index (χ4v) is 8.70. The van der Waals surface area contributed by atoms with Crippen LogP contribution in [0.15, 0.2) is 82.3 Å². The van der Waals surface area contributed by atoms with Gasteiger partial charge in [0.25, 0.3) is 21.9 Å². The van der Waals surface area contributed by atoms with E-state index in [-0.39, 0.29) is 30.1 Å². The van der Waals surface area contributed by atoms with Gasteiger partial charge in [-0.25, -0.2) is 10.1 Å². The van der Waals surface area contributed by atoms with E-state index in [0.717, 1.165) is 76.5 Å². The van der Waals surface area contributed by atoms with E-state index in [9.17, 15) is 32.1 Å². The summed E-state index contributed by atoms with van der Waals surface area (Å²) in [6, 6.07) is 10.5. The third-order valence-electron chi connectivity index (χ3n) is 10.9. The molecule has 5 rings (SSSR count). The Balaban J connectivity index is 1.35. The molecule has 0 aromatic heterocycles. The first-order valence-corrected chi connectivity index (χ1v) is 21.8. The van der Waals surface area contributed by atoms with Crippen molar-refractivity contribution in [2.45, 2.75) is 113 Å². The summed E-state index contributed by atoms with van der Waals surface area (Å²) in [6.07, 6.45) is 14.9. The minimum Gasteiger partial charge on any atom is -0.359 e. The zero-order valence-corrected chi connectivity index (χ0v) is 35.7. The lowest BCUT2D eigenvalue weighted by Crippen LogP contribution is -2.31. The summed E-state index contributed by atoms with van der Waals surface area (Å²) in [5.74, 6) is -1.63. The molecule has 3 heterocycles. The molecule has 0 spiro atoms. The molecule has 1 fully saturated rings. The number of allylic oxidation sites excluding steroid dienone is 6. The SMILES string of the molecule is CNC(=O)CCCCCN1C(=CC=CC=CC2=[N+](CCCCCC(=O)ON3C(=O)CCC3=O)c3ccc(SOOO)cc3C2(C)C)C(C)(C)c2cc(S(=O)(=O)O)ccc21. The third-order valence-corrected chi connectivity index (χ3v) is 12.4. The number of benzene rings is 2. The summed E-state index contributed by atoms with van der Waals surface area (Å²) in [7, 11) is -2.78. The maximum Gasteiger partial charge on any atom is 0.333 e. The molecule has 2 aromatic rings. The highest BCUT2D eigenvalue weighted by atomic mass is 32.2. The maximum atomic E-state index is 12.3. The number of unbranched alkanes of at least 4 members (excludes halogenated alkanes) is 4. The van der Waals surface area contributed by atoms with Crippen LogP contribution in [-0.4, -0.2) is 77.4 Å².